The molecule has 0 heterocycles. The molecular formula is C13H14O3. The quantitative estimate of drug-likeness (QED) is 0.458. The molecule has 2 saturated carbocycles. The number of hydrogen-bond acceptors (Lipinski definition) is 3. The third-order valence-electron chi connectivity index (χ3n) is 4.75. The van der Waals surface area contributed by atoms with Crippen LogP contribution in [0.15, 0.2) is 12.2 Å². The molecule has 0 saturated heterocycles. The Morgan fingerprint density at radius 1 is 0.812 bits per heavy atom. The number of Topliss-reactive ketones (excluding diaryl/α,β-unsaturated/α-hetero) is 3. The predicted molar refractivity (Wildman–Crippen MR) is 56.7 cm³/mol. The van der Waals surface area contributed by atoms with Crippen molar-refractivity contribution >= 4 is 17.3 Å². The van der Waals surface area contributed by atoms with Crippen LogP contribution in [0.4, 0.5) is 0 Å². The van der Waals surface area contributed by atoms with Gasteiger partial charge in [0.25, 0.3) is 5.78 Å². The second-order valence-corrected chi connectivity index (χ2v) is 5.24. The van der Waals surface area contributed by atoms with Crippen LogP contribution in [0, 0.1) is 10.8 Å². The number of ketones is 3. The second-order valence-electron chi connectivity index (χ2n) is 5.24. The Kier molecular flexibility index (Phi) is 1.80. The fourth-order valence-electron chi connectivity index (χ4n) is 3.88. The molecule has 0 radical (unpaired) electrons. The zero-order chi connectivity index (χ0) is 11.4. The molecule has 2 fully saturated rings. The Balaban J connectivity index is 2.23. The third kappa shape index (κ3) is 0.841. The second kappa shape index (κ2) is 2.90. The van der Waals surface area contributed by atoms with Crippen molar-refractivity contribution in [3.63, 3.8) is 0 Å². The van der Waals surface area contributed by atoms with E-state index in [0.717, 1.165) is 12.8 Å². The van der Waals surface area contributed by atoms with Crippen LogP contribution in [0.1, 0.15) is 38.5 Å². The molecule has 0 aromatic carbocycles. The van der Waals surface area contributed by atoms with E-state index in [2.05, 4.69) is 0 Å². The van der Waals surface area contributed by atoms with Crippen LogP contribution >= 0.6 is 0 Å². The van der Waals surface area contributed by atoms with E-state index in [4.69, 9.17) is 0 Å². The lowest BCUT2D eigenvalue weighted by Gasteiger charge is -2.47. The van der Waals surface area contributed by atoms with Gasteiger partial charge in [-0.05, 0) is 25.7 Å². The topological polar surface area (TPSA) is 51.2 Å². The van der Waals surface area contributed by atoms with Gasteiger partial charge in [-0.15, -0.1) is 0 Å². The average Bonchev–Trinajstić information content (AvgIpc) is 2.51. The number of rotatable bonds is 0. The smallest absolute Gasteiger partial charge is 0.265 e. The van der Waals surface area contributed by atoms with Gasteiger partial charge in [-0.1, -0.05) is 25.0 Å². The molecule has 0 unspecified atom stereocenters. The van der Waals surface area contributed by atoms with E-state index in [1.54, 1.807) is 0 Å². The first-order chi connectivity index (χ1) is 7.64. The van der Waals surface area contributed by atoms with Gasteiger partial charge in [0, 0.05) is 0 Å². The minimum absolute atomic E-state index is 0.401. The van der Waals surface area contributed by atoms with Gasteiger partial charge >= 0.3 is 0 Å². The van der Waals surface area contributed by atoms with E-state index < -0.39 is 28.2 Å². The molecule has 3 nitrogen and oxygen atoms in total. The number of allylic oxidation sites excluding steroid dienone is 2. The Bertz CT molecular complexity index is 396. The molecule has 84 valence electrons. The Morgan fingerprint density at radius 2 is 1.25 bits per heavy atom. The van der Waals surface area contributed by atoms with Gasteiger partial charge in [0.05, 0.1) is 10.8 Å². The van der Waals surface area contributed by atoms with E-state index in [-0.39, 0.29) is 0 Å². The Morgan fingerprint density at radius 3 is 1.69 bits per heavy atom. The van der Waals surface area contributed by atoms with Crippen LogP contribution in [0.3, 0.4) is 0 Å². The summed E-state index contributed by atoms with van der Waals surface area (Å²) < 4.78 is 0. The predicted octanol–water partition coefficient (Wildman–Crippen LogP) is 1.60. The molecule has 0 spiro atoms. The highest BCUT2D eigenvalue weighted by atomic mass is 16.2. The van der Waals surface area contributed by atoms with Crippen LogP contribution in [0.2, 0.25) is 0 Å². The zero-order valence-corrected chi connectivity index (χ0v) is 9.12. The standard InChI is InChI=1S/C13H14O3/c14-9-10(15)12-5-1-2-6-13(12,11(9)16)8-4-3-7-12/h1-2H,3-8H2/t12-,13-/m0/s1. The van der Waals surface area contributed by atoms with Gasteiger partial charge < -0.3 is 0 Å². The summed E-state index contributed by atoms with van der Waals surface area (Å²) in [5.41, 5.74) is -1.32. The Hall–Kier alpha value is -1.25. The molecule has 0 aromatic heterocycles. The molecule has 0 amide bonds. The molecule has 3 heteroatoms. The average molecular weight is 218 g/mol. The lowest BCUT2D eigenvalue weighted by atomic mass is 9.53. The molecule has 0 N–H and O–H groups in total. The lowest BCUT2D eigenvalue weighted by molar-refractivity contribution is -0.142. The summed E-state index contributed by atoms with van der Waals surface area (Å²) in [6, 6.07) is 0. The highest BCUT2D eigenvalue weighted by Gasteiger charge is 2.69. The zero-order valence-electron chi connectivity index (χ0n) is 9.12. The van der Waals surface area contributed by atoms with Gasteiger partial charge in [-0.25, -0.2) is 0 Å². The molecule has 0 aromatic rings. The van der Waals surface area contributed by atoms with E-state index in [1.165, 1.54) is 0 Å². The highest BCUT2D eigenvalue weighted by Crippen LogP contribution is 2.61. The van der Waals surface area contributed by atoms with Crippen molar-refractivity contribution in [1.29, 1.82) is 0 Å². The molecule has 3 aliphatic rings. The van der Waals surface area contributed by atoms with Crippen LogP contribution in [0.5, 0.6) is 0 Å². The lowest BCUT2D eigenvalue weighted by Crippen LogP contribution is -2.48. The fourth-order valence-corrected chi connectivity index (χ4v) is 3.88. The maximum atomic E-state index is 12.1. The van der Waals surface area contributed by atoms with Crippen molar-refractivity contribution in [1.82, 2.24) is 0 Å². The van der Waals surface area contributed by atoms with Crippen LogP contribution in [-0.4, -0.2) is 17.3 Å². The molecule has 3 rings (SSSR count). The molecule has 16 heavy (non-hydrogen) atoms. The van der Waals surface area contributed by atoms with Crippen molar-refractivity contribution in [2.24, 2.45) is 10.8 Å². The van der Waals surface area contributed by atoms with Crippen molar-refractivity contribution < 1.29 is 14.4 Å². The van der Waals surface area contributed by atoms with E-state index in [9.17, 15) is 14.4 Å². The number of carbonyl (C=O) groups is 3. The molecular weight excluding hydrogens is 204 g/mol. The number of carbonyl (C=O) groups excluding carboxylic acids is 3. The minimum Gasteiger partial charge on any atom is -0.290 e. The van der Waals surface area contributed by atoms with Crippen molar-refractivity contribution in [2.75, 3.05) is 0 Å². The maximum absolute atomic E-state index is 12.1. The van der Waals surface area contributed by atoms with Gasteiger partial charge in [0.15, 0.2) is 0 Å². The van der Waals surface area contributed by atoms with Crippen molar-refractivity contribution in [2.45, 2.75) is 38.5 Å². The van der Waals surface area contributed by atoms with Gasteiger partial charge in [0.2, 0.25) is 11.6 Å². The molecule has 0 bridgehead atoms. The van der Waals surface area contributed by atoms with Gasteiger partial charge in [-0.3, -0.25) is 14.4 Å². The van der Waals surface area contributed by atoms with E-state index >= 15 is 0 Å². The fraction of sp³-hybridized carbons (Fsp3) is 0.615. The largest absolute Gasteiger partial charge is 0.290 e. The Labute approximate surface area is 93.9 Å². The normalized spacial score (nSPS) is 42.1. The van der Waals surface area contributed by atoms with Crippen molar-refractivity contribution in [3.8, 4) is 0 Å². The van der Waals surface area contributed by atoms with E-state index in [0.29, 0.717) is 25.7 Å². The summed E-state index contributed by atoms with van der Waals surface area (Å²) in [6.07, 6.45) is 8.46. The van der Waals surface area contributed by atoms with Crippen LogP contribution in [-0.2, 0) is 14.4 Å². The third-order valence-corrected chi connectivity index (χ3v) is 4.75. The maximum Gasteiger partial charge on any atom is 0.265 e. The van der Waals surface area contributed by atoms with Crippen molar-refractivity contribution in [3.05, 3.63) is 12.2 Å². The molecule has 3 aliphatic carbocycles. The summed E-state index contributed by atoms with van der Waals surface area (Å²) in [5.74, 6) is -1.53. The van der Waals surface area contributed by atoms with Crippen LogP contribution in [0.25, 0.3) is 0 Å². The molecule has 2 atom stereocenters. The summed E-state index contributed by atoms with van der Waals surface area (Å²) in [7, 11) is 0. The first kappa shape index (κ1) is 9.94. The summed E-state index contributed by atoms with van der Waals surface area (Å²) >= 11 is 0. The monoisotopic (exact) mass is 218 g/mol. The van der Waals surface area contributed by atoms with Crippen LogP contribution < -0.4 is 0 Å². The molecule has 0 aliphatic heterocycles. The summed E-state index contributed by atoms with van der Waals surface area (Å²) in [4.78, 5) is 35.9. The first-order valence-electron chi connectivity index (χ1n) is 5.93. The van der Waals surface area contributed by atoms with Gasteiger partial charge in [-0.2, -0.15) is 0 Å². The van der Waals surface area contributed by atoms with E-state index in [1.807, 2.05) is 12.2 Å². The minimum atomic E-state index is -0.731. The summed E-state index contributed by atoms with van der Waals surface area (Å²) in [5, 5.41) is 0. The number of hydrogen-bond donors (Lipinski definition) is 0. The SMILES string of the molecule is O=C1C(=O)[C@@]23CC=CC[C@]2(CCCC3)C1=O. The van der Waals surface area contributed by atoms with Gasteiger partial charge in [0.1, 0.15) is 0 Å². The highest BCUT2D eigenvalue weighted by molar-refractivity contribution is 6.69. The summed E-state index contributed by atoms with van der Waals surface area (Å²) in [6.45, 7) is 0. The first-order valence-corrected chi connectivity index (χ1v) is 5.93.